The highest BCUT2D eigenvalue weighted by Crippen LogP contribution is 2.38. The summed E-state index contributed by atoms with van der Waals surface area (Å²) in [5.41, 5.74) is -0.213. The summed E-state index contributed by atoms with van der Waals surface area (Å²) in [5, 5.41) is 0. The number of esters is 1. The average molecular weight is 213 g/mol. The van der Waals surface area contributed by atoms with Gasteiger partial charge in [0, 0.05) is 0 Å². The molecule has 1 rings (SSSR count). The van der Waals surface area contributed by atoms with E-state index in [1.807, 2.05) is 0 Å². The van der Waals surface area contributed by atoms with Gasteiger partial charge in [-0.1, -0.05) is 13.8 Å². The first-order chi connectivity index (χ1) is 7.00. The zero-order valence-corrected chi connectivity index (χ0v) is 10.4. The van der Waals surface area contributed by atoms with E-state index >= 15 is 0 Å². The Morgan fingerprint density at radius 2 is 1.93 bits per heavy atom. The minimum absolute atomic E-state index is 0.00991. The fourth-order valence-corrected chi connectivity index (χ4v) is 2.54. The van der Waals surface area contributed by atoms with Crippen LogP contribution in [0.15, 0.2) is 0 Å². The number of carbonyl (C=O) groups excluding carboxylic acids is 1. The maximum Gasteiger partial charge on any atom is 0.311 e. The molecular formula is C12H23NO2. The molecule has 1 saturated heterocycles. The van der Waals surface area contributed by atoms with Crippen LogP contribution >= 0.6 is 0 Å². The topological polar surface area (TPSA) is 29.5 Å². The highest BCUT2D eigenvalue weighted by Gasteiger charge is 2.41. The standard InChI is InChI=1S/C12H23NO2/c1-10(2)9-12(11(14)15-4)5-7-13(3)8-6-12/h10H,5-9H2,1-4H3. The summed E-state index contributed by atoms with van der Waals surface area (Å²) >= 11 is 0. The number of ether oxygens (including phenoxy) is 1. The Morgan fingerprint density at radius 3 is 2.33 bits per heavy atom. The molecule has 0 aromatic heterocycles. The van der Waals surface area contributed by atoms with Gasteiger partial charge < -0.3 is 9.64 Å². The lowest BCUT2D eigenvalue weighted by molar-refractivity contribution is -0.157. The molecule has 88 valence electrons. The zero-order chi connectivity index (χ0) is 11.5. The molecule has 1 aliphatic heterocycles. The lowest BCUT2D eigenvalue weighted by atomic mass is 9.73. The number of nitrogens with zero attached hydrogens (tertiary/aromatic N) is 1. The Balaban J connectivity index is 2.73. The van der Waals surface area contributed by atoms with E-state index in [1.54, 1.807) is 0 Å². The molecule has 0 unspecified atom stereocenters. The van der Waals surface area contributed by atoms with Crippen molar-refractivity contribution in [3.8, 4) is 0 Å². The molecule has 0 spiro atoms. The fourth-order valence-electron chi connectivity index (χ4n) is 2.54. The summed E-state index contributed by atoms with van der Waals surface area (Å²) in [7, 11) is 3.61. The van der Waals surface area contributed by atoms with Crippen LogP contribution < -0.4 is 0 Å². The third kappa shape index (κ3) is 2.94. The molecular weight excluding hydrogens is 190 g/mol. The first-order valence-corrected chi connectivity index (χ1v) is 5.77. The lowest BCUT2D eigenvalue weighted by Gasteiger charge is -2.39. The molecule has 0 saturated carbocycles. The van der Waals surface area contributed by atoms with Crippen LogP contribution in [0, 0.1) is 11.3 Å². The molecule has 1 heterocycles. The van der Waals surface area contributed by atoms with E-state index in [-0.39, 0.29) is 11.4 Å². The smallest absolute Gasteiger partial charge is 0.311 e. The van der Waals surface area contributed by atoms with Crippen LogP contribution in [0.5, 0.6) is 0 Å². The third-order valence-corrected chi connectivity index (χ3v) is 3.36. The van der Waals surface area contributed by atoms with Crippen molar-refractivity contribution in [2.75, 3.05) is 27.2 Å². The molecule has 0 aromatic rings. The zero-order valence-electron chi connectivity index (χ0n) is 10.4. The number of carbonyl (C=O) groups is 1. The SMILES string of the molecule is COC(=O)C1(CC(C)C)CCN(C)CC1. The quantitative estimate of drug-likeness (QED) is 0.671. The van der Waals surface area contributed by atoms with Crippen molar-refractivity contribution in [2.24, 2.45) is 11.3 Å². The number of hydrogen-bond donors (Lipinski definition) is 0. The normalized spacial score (nSPS) is 21.7. The summed E-state index contributed by atoms with van der Waals surface area (Å²) < 4.78 is 4.97. The molecule has 3 nitrogen and oxygen atoms in total. The van der Waals surface area contributed by atoms with E-state index in [0.717, 1.165) is 32.4 Å². The van der Waals surface area contributed by atoms with E-state index < -0.39 is 0 Å². The average Bonchev–Trinajstić information content (AvgIpc) is 2.20. The molecule has 3 heteroatoms. The summed E-state index contributed by atoms with van der Waals surface area (Å²) in [4.78, 5) is 14.2. The second kappa shape index (κ2) is 4.97. The van der Waals surface area contributed by atoms with Crippen LogP contribution in [0.2, 0.25) is 0 Å². The predicted octanol–water partition coefficient (Wildman–Crippen LogP) is 1.92. The Kier molecular flexibility index (Phi) is 4.14. The maximum absolute atomic E-state index is 11.9. The first kappa shape index (κ1) is 12.5. The van der Waals surface area contributed by atoms with Crippen molar-refractivity contribution in [3.05, 3.63) is 0 Å². The van der Waals surface area contributed by atoms with Crippen molar-refractivity contribution in [2.45, 2.75) is 33.1 Å². The second-order valence-corrected chi connectivity index (χ2v) is 5.17. The molecule has 15 heavy (non-hydrogen) atoms. The molecule has 0 N–H and O–H groups in total. The first-order valence-electron chi connectivity index (χ1n) is 5.77. The van der Waals surface area contributed by atoms with Crippen LogP contribution in [0.3, 0.4) is 0 Å². The molecule has 0 atom stereocenters. The van der Waals surface area contributed by atoms with E-state index in [2.05, 4.69) is 25.8 Å². The Hall–Kier alpha value is -0.570. The van der Waals surface area contributed by atoms with Crippen molar-refractivity contribution in [1.82, 2.24) is 4.90 Å². The summed E-state index contributed by atoms with van der Waals surface area (Å²) in [5.74, 6) is 0.539. The van der Waals surface area contributed by atoms with E-state index in [9.17, 15) is 4.79 Å². The van der Waals surface area contributed by atoms with Gasteiger partial charge in [0.2, 0.25) is 0 Å². The number of hydrogen-bond acceptors (Lipinski definition) is 3. The third-order valence-electron chi connectivity index (χ3n) is 3.36. The highest BCUT2D eigenvalue weighted by molar-refractivity contribution is 5.76. The van der Waals surface area contributed by atoms with Gasteiger partial charge in [0.25, 0.3) is 0 Å². The van der Waals surface area contributed by atoms with Crippen LogP contribution in [-0.2, 0) is 9.53 Å². The number of rotatable bonds is 3. The van der Waals surface area contributed by atoms with Crippen molar-refractivity contribution < 1.29 is 9.53 Å². The van der Waals surface area contributed by atoms with Gasteiger partial charge >= 0.3 is 5.97 Å². The number of methoxy groups -OCH3 is 1. The van der Waals surface area contributed by atoms with E-state index in [4.69, 9.17) is 4.74 Å². The van der Waals surface area contributed by atoms with Gasteiger partial charge in [-0.15, -0.1) is 0 Å². The molecule has 1 fully saturated rings. The van der Waals surface area contributed by atoms with Gasteiger partial charge in [-0.05, 0) is 45.3 Å². The second-order valence-electron chi connectivity index (χ2n) is 5.17. The summed E-state index contributed by atoms with van der Waals surface area (Å²) in [6.45, 7) is 6.34. The van der Waals surface area contributed by atoms with E-state index in [1.165, 1.54) is 7.11 Å². The van der Waals surface area contributed by atoms with Crippen molar-refractivity contribution >= 4 is 5.97 Å². The molecule has 0 amide bonds. The number of piperidine rings is 1. The number of likely N-dealkylation sites (tertiary alicyclic amines) is 1. The fraction of sp³-hybridized carbons (Fsp3) is 0.917. The molecule has 0 bridgehead atoms. The van der Waals surface area contributed by atoms with Gasteiger partial charge in [0.15, 0.2) is 0 Å². The van der Waals surface area contributed by atoms with Gasteiger partial charge in [-0.3, -0.25) is 4.79 Å². The van der Waals surface area contributed by atoms with Crippen molar-refractivity contribution in [1.29, 1.82) is 0 Å². The lowest BCUT2D eigenvalue weighted by Crippen LogP contribution is -2.44. The largest absolute Gasteiger partial charge is 0.469 e. The molecule has 1 aliphatic rings. The monoisotopic (exact) mass is 213 g/mol. The minimum Gasteiger partial charge on any atom is -0.469 e. The van der Waals surface area contributed by atoms with Crippen LogP contribution in [0.25, 0.3) is 0 Å². The maximum atomic E-state index is 11.9. The van der Waals surface area contributed by atoms with Crippen LogP contribution in [0.1, 0.15) is 33.1 Å². The summed E-state index contributed by atoms with van der Waals surface area (Å²) in [6, 6.07) is 0. The van der Waals surface area contributed by atoms with Gasteiger partial charge in [0.05, 0.1) is 12.5 Å². The van der Waals surface area contributed by atoms with Gasteiger partial charge in [-0.25, -0.2) is 0 Å². The molecule has 0 aliphatic carbocycles. The minimum atomic E-state index is -0.213. The van der Waals surface area contributed by atoms with Crippen molar-refractivity contribution in [3.63, 3.8) is 0 Å². The Bertz CT molecular complexity index is 218. The predicted molar refractivity (Wildman–Crippen MR) is 60.6 cm³/mol. The summed E-state index contributed by atoms with van der Waals surface area (Å²) in [6.07, 6.45) is 2.83. The van der Waals surface area contributed by atoms with Crippen LogP contribution in [0.4, 0.5) is 0 Å². The Morgan fingerprint density at radius 1 is 1.40 bits per heavy atom. The molecule has 0 radical (unpaired) electrons. The molecule has 0 aromatic carbocycles. The van der Waals surface area contributed by atoms with E-state index in [0.29, 0.717) is 5.92 Å². The Labute approximate surface area is 92.8 Å². The van der Waals surface area contributed by atoms with Gasteiger partial charge in [-0.2, -0.15) is 0 Å². The highest BCUT2D eigenvalue weighted by atomic mass is 16.5. The van der Waals surface area contributed by atoms with Gasteiger partial charge in [0.1, 0.15) is 0 Å². The van der Waals surface area contributed by atoms with Crippen LogP contribution in [-0.4, -0.2) is 38.1 Å².